The van der Waals surface area contributed by atoms with Crippen LogP contribution in [0.2, 0.25) is 4.34 Å². The van der Waals surface area contributed by atoms with Crippen LogP contribution in [0, 0.1) is 0 Å². The Kier molecular flexibility index (Phi) is 12.4. The number of aromatic nitrogens is 2. The van der Waals surface area contributed by atoms with E-state index in [1.54, 1.807) is 5.38 Å². The van der Waals surface area contributed by atoms with E-state index in [4.69, 9.17) is 26.9 Å². The highest BCUT2D eigenvalue weighted by Gasteiger charge is 2.55. The molecule has 0 radical (unpaired) electrons. The van der Waals surface area contributed by atoms with Gasteiger partial charge in [0.1, 0.15) is 21.4 Å². The summed E-state index contributed by atoms with van der Waals surface area (Å²) in [6, 6.07) is 17.2. The number of primary amides is 1. The summed E-state index contributed by atoms with van der Waals surface area (Å²) in [4.78, 5) is 91.0. The largest absolute Gasteiger partial charge is 0.448 e. The van der Waals surface area contributed by atoms with Crippen molar-refractivity contribution in [2.75, 3.05) is 11.1 Å². The fourth-order valence-electron chi connectivity index (χ4n) is 5.32. The fraction of sp³-hybridized carbons (Fsp3) is 0.206. The predicted molar refractivity (Wildman–Crippen MR) is 203 cm³/mol. The van der Waals surface area contributed by atoms with Crippen molar-refractivity contribution >= 4 is 105 Å². The minimum absolute atomic E-state index is 0.0129. The first-order valence-corrected chi connectivity index (χ1v) is 19.8. The number of fused-ring (bicyclic) bond motifs is 1. The van der Waals surface area contributed by atoms with E-state index in [0.717, 1.165) is 18.3 Å². The van der Waals surface area contributed by atoms with E-state index in [9.17, 15) is 28.8 Å². The van der Waals surface area contributed by atoms with Gasteiger partial charge in [-0.1, -0.05) is 101 Å². The topological polar surface area (TPSA) is 212 Å². The highest BCUT2D eigenvalue weighted by atomic mass is 35.5. The second-order valence-electron chi connectivity index (χ2n) is 11.4. The standard InChI is InChI=1S/C34H28ClN7O8S4/c1-17(44)50-41-22(13-21-28(35)54-33(39-21)37-16-43)29(46)40-25-30(47)42-26(23(15-51-31(25)42)53-34-38-20(14-52-34)12-24(36)45)32(48)49-27(18-8-4-2-5-9-18)19-10-6-3-7-11-19/h2-11,14,16,25,27,31H,12-13,15H2,1H3,(H2,36,45)(H,40,46)(H,37,39,43)/b41-22-/t25-,31-/m1/s1. The number of hydrogen-bond acceptors (Lipinski definition) is 15. The first kappa shape index (κ1) is 38.6. The monoisotopic (exact) mass is 825 g/mol. The first-order chi connectivity index (χ1) is 26.0. The summed E-state index contributed by atoms with van der Waals surface area (Å²) in [6.07, 6.45) is -0.765. The number of ether oxygens (including phenoxy) is 1. The zero-order chi connectivity index (χ0) is 38.4. The Morgan fingerprint density at radius 1 is 1.09 bits per heavy atom. The van der Waals surface area contributed by atoms with Crippen LogP contribution in [0.4, 0.5) is 5.13 Å². The van der Waals surface area contributed by atoms with Crippen LogP contribution in [0.25, 0.3) is 0 Å². The molecule has 54 heavy (non-hydrogen) atoms. The number of nitrogens with one attached hydrogen (secondary N) is 2. The van der Waals surface area contributed by atoms with Crippen LogP contribution in [0.1, 0.15) is 35.5 Å². The smallest absolute Gasteiger partial charge is 0.356 e. The minimum atomic E-state index is -1.11. The Morgan fingerprint density at radius 2 is 1.78 bits per heavy atom. The lowest BCUT2D eigenvalue weighted by Crippen LogP contribution is -2.71. The van der Waals surface area contributed by atoms with Crippen molar-refractivity contribution < 1.29 is 38.3 Å². The number of nitrogens with two attached hydrogens (primary N) is 1. The maximum atomic E-state index is 14.3. The molecule has 4 heterocycles. The Balaban J connectivity index is 1.28. The summed E-state index contributed by atoms with van der Waals surface area (Å²) >= 11 is 10.9. The van der Waals surface area contributed by atoms with Crippen molar-refractivity contribution in [2.45, 2.75) is 41.6 Å². The molecule has 4 N–H and O–H groups in total. The van der Waals surface area contributed by atoms with Crippen LogP contribution >= 0.6 is 57.8 Å². The van der Waals surface area contributed by atoms with Gasteiger partial charge in [-0.2, -0.15) is 0 Å². The molecular formula is C34H28ClN7O8S4. The molecule has 0 bridgehead atoms. The number of oxime groups is 1. The molecule has 2 aliphatic rings. The number of carbonyl (C=O) groups is 6. The van der Waals surface area contributed by atoms with Crippen LogP contribution in [0.15, 0.2) is 86.1 Å². The summed E-state index contributed by atoms with van der Waals surface area (Å²) in [6.45, 7) is 1.10. The van der Waals surface area contributed by atoms with Gasteiger partial charge >= 0.3 is 11.9 Å². The molecule has 0 saturated carbocycles. The Bertz CT molecular complexity index is 2120. The van der Waals surface area contributed by atoms with E-state index in [1.807, 2.05) is 60.7 Å². The number of benzene rings is 2. The van der Waals surface area contributed by atoms with Crippen LogP contribution in [0.3, 0.4) is 0 Å². The number of anilines is 1. The summed E-state index contributed by atoms with van der Waals surface area (Å²) in [5.41, 5.74) is 7.07. The summed E-state index contributed by atoms with van der Waals surface area (Å²) in [7, 11) is 0. The second-order valence-corrected chi connectivity index (χ2v) is 16.3. The normalized spacial score (nSPS) is 16.7. The van der Waals surface area contributed by atoms with Crippen LogP contribution in [-0.4, -0.2) is 73.8 Å². The molecule has 6 rings (SSSR count). The molecule has 0 aliphatic carbocycles. The number of thiazole rings is 2. The quantitative estimate of drug-likeness (QED) is 0.0387. The number of β-lactam (4-membered cyclic amide) rings is 1. The highest BCUT2D eigenvalue weighted by molar-refractivity contribution is 8.07. The van der Waals surface area contributed by atoms with Crippen molar-refractivity contribution in [3.8, 4) is 0 Å². The van der Waals surface area contributed by atoms with Crippen LogP contribution < -0.4 is 16.4 Å². The number of rotatable bonds is 15. The van der Waals surface area contributed by atoms with E-state index in [2.05, 4.69) is 25.8 Å². The number of nitrogens with zero attached hydrogens (tertiary/aromatic N) is 4. The van der Waals surface area contributed by atoms with Crippen molar-refractivity contribution in [2.24, 2.45) is 10.9 Å². The van der Waals surface area contributed by atoms with Crippen molar-refractivity contribution in [3.05, 3.63) is 103 Å². The van der Waals surface area contributed by atoms with Gasteiger partial charge in [0.25, 0.3) is 11.8 Å². The van der Waals surface area contributed by atoms with E-state index < -0.39 is 47.2 Å². The first-order valence-electron chi connectivity index (χ1n) is 15.8. The Morgan fingerprint density at radius 3 is 2.41 bits per heavy atom. The molecule has 1 fully saturated rings. The van der Waals surface area contributed by atoms with Crippen LogP contribution in [-0.2, 0) is 51.2 Å². The van der Waals surface area contributed by atoms with Gasteiger partial charge in [-0.15, -0.1) is 23.1 Å². The average Bonchev–Trinajstić information content (AvgIpc) is 3.75. The van der Waals surface area contributed by atoms with Gasteiger partial charge in [0.15, 0.2) is 21.3 Å². The van der Waals surface area contributed by atoms with E-state index in [0.29, 0.717) is 32.5 Å². The summed E-state index contributed by atoms with van der Waals surface area (Å²) < 4.78 is 6.87. The summed E-state index contributed by atoms with van der Waals surface area (Å²) in [5.74, 6) is -3.34. The zero-order valence-electron chi connectivity index (χ0n) is 27.9. The number of carbonyl (C=O) groups excluding carboxylic acids is 6. The number of amides is 4. The van der Waals surface area contributed by atoms with Gasteiger partial charge in [0.2, 0.25) is 12.3 Å². The lowest BCUT2D eigenvalue weighted by atomic mass is 10.0. The van der Waals surface area contributed by atoms with E-state index in [-0.39, 0.29) is 45.2 Å². The van der Waals surface area contributed by atoms with Gasteiger partial charge in [-0.25, -0.2) is 19.6 Å². The molecule has 2 aromatic carbocycles. The van der Waals surface area contributed by atoms with Crippen molar-refractivity contribution in [3.63, 3.8) is 0 Å². The predicted octanol–water partition coefficient (Wildman–Crippen LogP) is 4.05. The van der Waals surface area contributed by atoms with Gasteiger partial charge in [-0.3, -0.25) is 24.1 Å². The molecule has 4 aromatic rings. The molecule has 20 heteroatoms. The number of hydrogen-bond donors (Lipinski definition) is 3. The average molecular weight is 826 g/mol. The van der Waals surface area contributed by atoms with Crippen molar-refractivity contribution in [1.82, 2.24) is 20.2 Å². The van der Waals surface area contributed by atoms with Gasteiger partial charge in [0, 0.05) is 29.4 Å². The van der Waals surface area contributed by atoms with Crippen molar-refractivity contribution in [1.29, 1.82) is 0 Å². The summed E-state index contributed by atoms with van der Waals surface area (Å²) in [5, 5.41) is 9.84. The zero-order valence-corrected chi connectivity index (χ0v) is 31.9. The van der Waals surface area contributed by atoms with Gasteiger partial charge in [-0.05, 0) is 11.1 Å². The molecule has 2 atom stereocenters. The van der Waals surface area contributed by atoms with Gasteiger partial charge in [0.05, 0.1) is 17.8 Å². The molecule has 1 saturated heterocycles. The number of thioether (sulfide) groups is 2. The molecule has 278 valence electrons. The number of esters is 1. The maximum absolute atomic E-state index is 14.3. The Labute approximate surface area is 328 Å². The van der Waals surface area contributed by atoms with Gasteiger partial charge < -0.3 is 25.9 Å². The molecule has 0 spiro atoms. The molecule has 15 nitrogen and oxygen atoms in total. The third-order valence-electron chi connectivity index (χ3n) is 7.65. The highest BCUT2D eigenvalue weighted by Crippen LogP contribution is 2.46. The number of halogens is 1. The third-order valence-corrected chi connectivity index (χ3v) is 12.5. The Hall–Kier alpha value is -5.08. The molecule has 4 amide bonds. The lowest BCUT2D eigenvalue weighted by Gasteiger charge is -2.49. The minimum Gasteiger partial charge on any atom is -0.448 e. The molecule has 2 aliphatic heterocycles. The molecule has 2 aromatic heterocycles. The molecule has 0 unspecified atom stereocenters. The lowest BCUT2D eigenvalue weighted by molar-refractivity contribution is -0.154. The maximum Gasteiger partial charge on any atom is 0.356 e. The van der Waals surface area contributed by atoms with E-state index >= 15 is 0 Å². The molecular weight excluding hydrogens is 798 g/mol. The third kappa shape index (κ3) is 8.99. The SMILES string of the molecule is CC(=O)O/N=C(/Cc1nc(NC=O)sc1Cl)C(=O)N[C@@H]1C(=O)N2C(C(=O)OC(c3ccccc3)c3ccccc3)=C(Sc3nc(CC(N)=O)cs3)CS[C@H]12. The second kappa shape index (κ2) is 17.4. The van der Waals surface area contributed by atoms with E-state index in [1.165, 1.54) is 39.8 Å². The van der Waals surface area contributed by atoms with Crippen LogP contribution in [0.5, 0.6) is 0 Å². The fourth-order valence-corrected chi connectivity index (χ4v) is 9.78.